The molecule has 0 amide bonds. The van der Waals surface area contributed by atoms with Crippen LogP contribution >= 0.6 is 0 Å². The Bertz CT molecular complexity index is 1930. The average molecular weight is 748 g/mol. The monoisotopic (exact) mass is 748 g/mol. The molecule has 0 unspecified atom stereocenters. The van der Waals surface area contributed by atoms with Gasteiger partial charge in [-0.1, -0.05) is 64.3 Å². The first kappa shape index (κ1) is 32.0. The van der Waals surface area contributed by atoms with Crippen molar-refractivity contribution in [2.75, 3.05) is 0 Å². The van der Waals surface area contributed by atoms with Crippen molar-refractivity contribution >= 4 is 16.6 Å². The molecule has 6 rings (SSSR count). The van der Waals surface area contributed by atoms with E-state index in [2.05, 4.69) is 79.5 Å². The number of fused-ring (bicyclic) bond motifs is 3. The maximum atomic E-state index is 12.4. The van der Waals surface area contributed by atoms with Gasteiger partial charge in [0, 0.05) is 49.4 Å². The van der Waals surface area contributed by atoms with E-state index in [4.69, 9.17) is 4.98 Å². The van der Waals surface area contributed by atoms with Crippen molar-refractivity contribution in [2.45, 2.75) is 66.7 Å². The number of rotatable bonds is 3. The number of hydrogen-bond donors (Lipinski definition) is 0. The molecule has 223 valence electrons. The standard InChI is InChI=1S/C19H22N3O.C17H15N2.Ir/c1-11(2)16-12(3)22-10-9-14-13(17(22)21-18(16)23)7-8-15(20-14)19(4,5)6;1-13-7-6-8-14(2)16(13)19-12-11-18-17(19)15-9-4-3-5-10-15;/h8-11H,1-6H3;3-9,11-12H,1-2H3;/q2*-1;. The van der Waals surface area contributed by atoms with E-state index in [1.54, 1.807) is 0 Å². The first-order valence-corrected chi connectivity index (χ1v) is 14.3. The second-order valence-electron chi connectivity index (χ2n) is 12.0. The van der Waals surface area contributed by atoms with Gasteiger partial charge >= 0.3 is 0 Å². The van der Waals surface area contributed by atoms with Crippen LogP contribution in [0.5, 0.6) is 0 Å². The van der Waals surface area contributed by atoms with Crippen molar-refractivity contribution in [3.05, 3.63) is 124 Å². The Kier molecular flexibility index (Phi) is 9.48. The number of hydrogen-bond acceptors (Lipinski definition) is 4. The summed E-state index contributed by atoms with van der Waals surface area (Å²) in [4.78, 5) is 25.9. The predicted molar refractivity (Wildman–Crippen MR) is 170 cm³/mol. The smallest absolute Gasteiger partial charge is 0.267 e. The van der Waals surface area contributed by atoms with Crippen molar-refractivity contribution in [1.29, 1.82) is 0 Å². The molecule has 0 fully saturated rings. The Morgan fingerprint density at radius 3 is 2.23 bits per heavy atom. The Hall–Kier alpha value is -3.93. The Morgan fingerprint density at radius 1 is 0.884 bits per heavy atom. The summed E-state index contributed by atoms with van der Waals surface area (Å²) in [6.45, 7) is 16.6. The SMILES string of the molecule is Cc1c(C(C)C)c(=O)nc2c3[c-]cc(C(C)(C)C)nc3ccn12.Cc1cccc(C)c1-n1ccnc1-c1[c-]cccc1.[Ir]. The molecule has 0 bridgehead atoms. The van der Waals surface area contributed by atoms with Gasteiger partial charge in [0.25, 0.3) is 5.56 Å². The molecule has 0 aliphatic heterocycles. The van der Waals surface area contributed by atoms with Crippen molar-refractivity contribution < 1.29 is 20.1 Å². The largest absolute Gasteiger partial charge is 0.348 e. The number of pyridine rings is 2. The van der Waals surface area contributed by atoms with Crippen molar-refractivity contribution in [3.63, 3.8) is 0 Å². The molecule has 7 heteroatoms. The Balaban J connectivity index is 0.000000195. The summed E-state index contributed by atoms with van der Waals surface area (Å²) in [6, 6.07) is 24.7. The first-order chi connectivity index (χ1) is 20.0. The zero-order valence-corrected chi connectivity index (χ0v) is 28.4. The molecule has 0 N–H and O–H groups in total. The van der Waals surface area contributed by atoms with Crippen LogP contribution in [0, 0.1) is 32.9 Å². The van der Waals surface area contributed by atoms with Gasteiger partial charge in [-0.25, -0.2) is 4.98 Å². The molecule has 0 saturated carbocycles. The summed E-state index contributed by atoms with van der Waals surface area (Å²) >= 11 is 0. The minimum absolute atomic E-state index is 0. The van der Waals surface area contributed by atoms with E-state index in [0.717, 1.165) is 39.2 Å². The van der Waals surface area contributed by atoms with Gasteiger partial charge in [-0.2, -0.15) is 0 Å². The molecule has 2 aromatic carbocycles. The van der Waals surface area contributed by atoms with Crippen LogP contribution in [0.15, 0.2) is 78.0 Å². The number of aromatic nitrogens is 5. The van der Waals surface area contributed by atoms with Crippen LogP contribution in [0.2, 0.25) is 0 Å². The van der Waals surface area contributed by atoms with E-state index in [-0.39, 0.29) is 37.0 Å². The zero-order chi connectivity index (χ0) is 30.2. The maximum Gasteiger partial charge on any atom is 0.267 e. The van der Waals surface area contributed by atoms with Crippen LogP contribution in [0.25, 0.3) is 33.6 Å². The van der Waals surface area contributed by atoms with Gasteiger partial charge in [0.15, 0.2) is 0 Å². The van der Waals surface area contributed by atoms with Crippen LogP contribution < -0.4 is 5.56 Å². The second-order valence-corrected chi connectivity index (χ2v) is 12.0. The van der Waals surface area contributed by atoms with Gasteiger partial charge < -0.3 is 14.0 Å². The molecular formula is C36H37IrN5O-2. The van der Waals surface area contributed by atoms with E-state index >= 15 is 0 Å². The summed E-state index contributed by atoms with van der Waals surface area (Å²) in [5.41, 5.74) is 8.63. The van der Waals surface area contributed by atoms with E-state index in [0.29, 0.717) is 5.65 Å². The normalized spacial score (nSPS) is 11.4. The van der Waals surface area contributed by atoms with Crippen LogP contribution in [-0.4, -0.2) is 23.9 Å². The van der Waals surface area contributed by atoms with Crippen molar-refractivity contribution in [1.82, 2.24) is 23.9 Å². The number of aryl methyl sites for hydroxylation is 3. The third kappa shape index (κ3) is 6.39. The number of imidazole rings is 1. The van der Waals surface area contributed by atoms with Gasteiger partial charge in [0.2, 0.25) is 0 Å². The second kappa shape index (κ2) is 12.7. The minimum Gasteiger partial charge on any atom is -0.348 e. The quantitative estimate of drug-likeness (QED) is 0.137. The van der Waals surface area contributed by atoms with Crippen LogP contribution in [0.1, 0.15) is 68.6 Å². The predicted octanol–water partition coefficient (Wildman–Crippen LogP) is 7.73. The van der Waals surface area contributed by atoms with Crippen LogP contribution in [0.4, 0.5) is 0 Å². The molecule has 43 heavy (non-hydrogen) atoms. The van der Waals surface area contributed by atoms with E-state index in [9.17, 15) is 4.79 Å². The summed E-state index contributed by atoms with van der Waals surface area (Å²) in [5, 5.41) is 0.788. The summed E-state index contributed by atoms with van der Waals surface area (Å²) in [6.07, 6.45) is 5.78. The van der Waals surface area contributed by atoms with Crippen LogP contribution in [0.3, 0.4) is 0 Å². The topological polar surface area (TPSA) is 65.1 Å². The van der Waals surface area contributed by atoms with Crippen molar-refractivity contribution in [3.8, 4) is 17.1 Å². The first-order valence-electron chi connectivity index (χ1n) is 14.3. The van der Waals surface area contributed by atoms with Gasteiger partial charge in [-0.05, 0) is 60.6 Å². The van der Waals surface area contributed by atoms with Gasteiger partial charge in [-0.15, -0.1) is 48.0 Å². The fourth-order valence-corrected chi connectivity index (χ4v) is 5.34. The molecular weight excluding hydrogens is 711 g/mol. The van der Waals surface area contributed by atoms with E-state index in [1.165, 1.54) is 16.8 Å². The van der Waals surface area contributed by atoms with Gasteiger partial charge in [0.1, 0.15) is 0 Å². The average Bonchev–Trinajstić information content (AvgIpc) is 3.42. The third-order valence-electron chi connectivity index (χ3n) is 7.49. The summed E-state index contributed by atoms with van der Waals surface area (Å²) < 4.78 is 4.10. The summed E-state index contributed by atoms with van der Waals surface area (Å²) in [7, 11) is 0. The van der Waals surface area contributed by atoms with Gasteiger partial charge in [0.05, 0.1) is 11.5 Å². The molecule has 1 radical (unpaired) electrons. The fourth-order valence-electron chi connectivity index (χ4n) is 5.34. The molecule has 6 nitrogen and oxygen atoms in total. The number of para-hydroxylation sites is 1. The molecule has 0 aliphatic rings. The Morgan fingerprint density at radius 2 is 1.60 bits per heavy atom. The van der Waals surface area contributed by atoms with Crippen molar-refractivity contribution in [2.24, 2.45) is 0 Å². The van der Waals surface area contributed by atoms with Crippen LogP contribution in [-0.2, 0) is 25.5 Å². The fraction of sp³-hybridized carbons (Fsp3) is 0.278. The molecule has 0 aliphatic carbocycles. The summed E-state index contributed by atoms with van der Waals surface area (Å²) in [5.74, 6) is 1.07. The zero-order valence-electron chi connectivity index (χ0n) is 26.0. The van der Waals surface area contributed by atoms with Gasteiger partial charge in [-0.3, -0.25) is 9.78 Å². The molecule has 0 atom stereocenters. The van der Waals surface area contributed by atoms with E-state index in [1.807, 2.05) is 80.2 Å². The molecule has 0 saturated heterocycles. The molecule has 0 spiro atoms. The maximum absolute atomic E-state index is 12.4. The molecule has 4 aromatic heterocycles. The number of benzene rings is 2. The number of nitrogens with zero attached hydrogens (tertiary/aromatic N) is 5. The van der Waals surface area contributed by atoms with E-state index < -0.39 is 0 Å². The third-order valence-corrected chi connectivity index (χ3v) is 7.49. The minimum atomic E-state index is -0.154. The molecule has 6 aromatic rings. The Labute approximate surface area is 267 Å². The molecule has 4 heterocycles.